The van der Waals surface area contributed by atoms with Crippen LogP contribution >= 0.6 is 0 Å². The average Bonchev–Trinajstić information content (AvgIpc) is 3.26. The highest BCUT2D eigenvalue weighted by atomic mass is 16.6. The number of ether oxygens (including phenoxy) is 1. The summed E-state index contributed by atoms with van der Waals surface area (Å²) < 4.78 is 10.6. The van der Waals surface area contributed by atoms with E-state index < -0.39 is 16.8 Å². The fraction of sp³-hybridized carbons (Fsp3) is 0.0870. The van der Waals surface area contributed by atoms with Crippen LogP contribution in [0.4, 0.5) is 11.4 Å². The van der Waals surface area contributed by atoms with Crippen molar-refractivity contribution in [2.24, 2.45) is 0 Å². The smallest absolute Gasteiger partial charge is 0.338 e. The molecular formula is C23H17N3O6. The molecule has 9 heteroatoms. The van der Waals surface area contributed by atoms with Crippen molar-refractivity contribution in [1.82, 2.24) is 0 Å². The summed E-state index contributed by atoms with van der Waals surface area (Å²) in [6.45, 7) is 2.01. The van der Waals surface area contributed by atoms with Gasteiger partial charge in [-0.05, 0) is 43.3 Å². The molecule has 0 bridgehead atoms. The highest BCUT2D eigenvalue weighted by Crippen LogP contribution is 2.24. The number of amides is 1. The topological polar surface area (TPSA) is 135 Å². The first-order valence-electron chi connectivity index (χ1n) is 9.46. The second-order valence-corrected chi connectivity index (χ2v) is 6.43. The van der Waals surface area contributed by atoms with Crippen LogP contribution in [0.3, 0.4) is 0 Å². The van der Waals surface area contributed by atoms with Gasteiger partial charge in [-0.3, -0.25) is 14.9 Å². The molecule has 0 unspecified atom stereocenters. The Labute approximate surface area is 182 Å². The van der Waals surface area contributed by atoms with Crippen LogP contribution in [-0.2, 0) is 9.53 Å². The van der Waals surface area contributed by atoms with Gasteiger partial charge in [0.25, 0.3) is 11.6 Å². The zero-order valence-electron chi connectivity index (χ0n) is 16.9. The lowest BCUT2D eigenvalue weighted by atomic mass is 10.1. The lowest BCUT2D eigenvalue weighted by Gasteiger charge is -2.03. The van der Waals surface area contributed by atoms with Gasteiger partial charge in [0.1, 0.15) is 23.2 Å². The van der Waals surface area contributed by atoms with Crippen LogP contribution in [0, 0.1) is 21.4 Å². The minimum atomic E-state index is -0.682. The largest absolute Gasteiger partial charge is 0.462 e. The van der Waals surface area contributed by atoms with Crippen LogP contribution in [0.1, 0.15) is 23.0 Å². The van der Waals surface area contributed by atoms with Gasteiger partial charge in [-0.1, -0.05) is 12.1 Å². The van der Waals surface area contributed by atoms with Crippen molar-refractivity contribution in [2.75, 3.05) is 11.9 Å². The van der Waals surface area contributed by atoms with Gasteiger partial charge in [-0.2, -0.15) is 5.26 Å². The number of benzene rings is 2. The third-order valence-electron chi connectivity index (χ3n) is 4.29. The molecule has 1 aromatic heterocycles. The summed E-state index contributed by atoms with van der Waals surface area (Å²) in [5.74, 6) is -0.331. The van der Waals surface area contributed by atoms with Crippen LogP contribution < -0.4 is 5.32 Å². The van der Waals surface area contributed by atoms with Crippen LogP contribution in [0.5, 0.6) is 0 Å². The first-order valence-corrected chi connectivity index (χ1v) is 9.46. The number of rotatable bonds is 7. The van der Waals surface area contributed by atoms with Crippen molar-refractivity contribution >= 4 is 29.3 Å². The lowest BCUT2D eigenvalue weighted by Crippen LogP contribution is -2.13. The summed E-state index contributed by atoms with van der Waals surface area (Å²) in [5.41, 5.74) is 1.10. The summed E-state index contributed by atoms with van der Waals surface area (Å²) in [4.78, 5) is 34.3. The number of esters is 1. The molecule has 9 nitrogen and oxygen atoms in total. The van der Waals surface area contributed by atoms with Crippen molar-refractivity contribution in [3.8, 4) is 17.4 Å². The van der Waals surface area contributed by atoms with Crippen LogP contribution in [0.2, 0.25) is 0 Å². The second kappa shape index (κ2) is 9.86. The molecule has 3 aromatic rings. The fourth-order valence-electron chi connectivity index (χ4n) is 2.73. The average molecular weight is 431 g/mol. The zero-order valence-corrected chi connectivity index (χ0v) is 16.9. The number of furan rings is 1. The summed E-state index contributed by atoms with van der Waals surface area (Å²) in [6.07, 6.45) is 1.29. The highest BCUT2D eigenvalue weighted by Gasteiger charge is 2.13. The summed E-state index contributed by atoms with van der Waals surface area (Å²) in [7, 11) is 0. The van der Waals surface area contributed by atoms with Crippen molar-refractivity contribution < 1.29 is 23.7 Å². The molecule has 0 saturated heterocycles. The third kappa shape index (κ3) is 5.25. The van der Waals surface area contributed by atoms with Gasteiger partial charge in [0.05, 0.1) is 17.1 Å². The maximum absolute atomic E-state index is 12.4. The van der Waals surface area contributed by atoms with Gasteiger partial charge >= 0.3 is 5.97 Å². The molecule has 0 fully saturated rings. The number of anilines is 1. The first kappa shape index (κ1) is 22.0. The molecule has 1 heterocycles. The van der Waals surface area contributed by atoms with E-state index in [2.05, 4.69) is 5.32 Å². The Kier molecular flexibility index (Phi) is 6.78. The van der Waals surface area contributed by atoms with E-state index in [0.29, 0.717) is 22.6 Å². The Hall–Kier alpha value is -4.71. The van der Waals surface area contributed by atoms with Gasteiger partial charge in [-0.15, -0.1) is 0 Å². The van der Waals surface area contributed by atoms with E-state index in [4.69, 9.17) is 9.15 Å². The molecule has 0 atom stereocenters. The van der Waals surface area contributed by atoms with E-state index in [1.54, 1.807) is 43.3 Å². The van der Waals surface area contributed by atoms with Crippen LogP contribution in [0.15, 0.2) is 70.7 Å². The number of carbonyl (C=O) groups excluding carboxylic acids is 2. The maximum Gasteiger partial charge on any atom is 0.338 e. The SMILES string of the molecule is CCOC(=O)c1ccc(-c2ccc(/C=C(\C#N)C(=O)Nc3ccc([N+](=O)[O-])cc3)o2)cc1. The van der Waals surface area contributed by atoms with Gasteiger partial charge in [0, 0.05) is 29.5 Å². The Bertz CT molecular complexity index is 1220. The Morgan fingerprint density at radius 3 is 2.41 bits per heavy atom. The number of hydrogen-bond donors (Lipinski definition) is 1. The Morgan fingerprint density at radius 2 is 1.81 bits per heavy atom. The number of hydrogen-bond acceptors (Lipinski definition) is 7. The quantitative estimate of drug-likeness (QED) is 0.190. The van der Waals surface area contributed by atoms with Gasteiger partial charge in [0.15, 0.2) is 0 Å². The molecule has 3 rings (SSSR count). The summed E-state index contributed by atoms with van der Waals surface area (Å²) in [5, 5.41) is 22.6. The molecule has 0 aliphatic carbocycles. The minimum absolute atomic E-state index is 0.113. The molecule has 0 aliphatic heterocycles. The molecular weight excluding hydrogens is 414 g/mol. The minimum Gasteiger partial charge on any atom is -0.462 e. The molecule has 2 aromatic carbocycles. The molecule has 1 N–H and O–H groups in total. The Morgan fingerprint density at radius 1 is 1.12 bits per heavy atom. The summed E-state index contributed by atoms with van der Waals surface area (Å²) in [6, 6.07) is 17.0. The molecule has 0 radical (unpaired) electrons. The van der Waals surface area contributed by atoms with Crippen molar-refractivity contribution in [3.63, 3.8) is 0 Å². The van der Waals surface area contributed by atoms with E-state index in [9.17, 15) is 25.0 Å². The van der Waals surface area contributed by atoms with Crippen molar-refractivity contribution in [3.05, 3.63) is 87.7 Å². The normalized spacial score (nSPS) is 10.8. The number of nitrogens with zero attached hydrogens (tertiary/aromatic N) is 2. The van der Waals surface area contributed by atoms with E-state index in [0.717, 1.165) is 0 Å². The fourth-order valence-corrected chi connectivity index (χ4v) is 2.73. The van der Waals surface area contributed by atoms with Crippen molar-refractivity contribution in [2.45, 2.75) is 6.92 Å². The van der Waals surface area contributed by atoms with Crippen LogP contribution in [0.25, 0.3) is 17.4 Å². The number of non-ortho nitro benzene ring substituents is 1. The lowest BCUT2D eigenvalue weighted by molar-refractivity contribution is -0.384. The standard InChI is InChI=1S/C23H17N3O6/c1-2-31-23(28)16-5-3-15(4-6-16)21-12-11-20(32-21)13-17(14-24)22(27)25-18-7-9-19(10-8-18)26(29)30/h3-13H,2H2,1H3,(H,25,27)/b17-13+. The van der Waals surface area contributed by atoms with E-state index in [1.165, 1.54) is 30.3 Å². The van der Waals surface area contributed by atoms with E-state index >= 15 is 0 Å². The van der Waals surface area contributed by atoms with E-state index in [-0.39, 0.29) is 23.6 Å². The third-order valence-corrected chi connectivity index (χ3v) is 4.29. The maximum atomic E-state index is 12.4. The molecule has 0 aliphatic rings. The second-order valence-electron chi connectivity index (χ2n) is 6.43. The van der Waals surface area contributed by atoms with E-state index in [1.807, 2.05) is 6.07 Å². The predicted molar refractivity (Wildman–Crippen MR) is 115 cm³/mol. The number of nitriles is 1. The molecule has 160 valence electrons. The summed E-state index contributed by atoms with van der Waals surface area (Å²) >= 11 is 0. The Balaban J connectivity index is 1.73. The molecule has 32 heavy (non-hydrogen) atoms. The monoisotopic (exact) mass is 431 g/mol. The van der Waals surface area contributed by atoms with Crippen LogP contribution in [-0.4, -0.2) is 23.4 Å². The highest BCUT2D eigenvalue weighted by molar-refractivity contribution is 6.09. The number of nitro benzene ring substituents is 1. The number of nitrogens with one attached hydrogen (secondary N) is 1. The molecule has 0 spiro atoms. The van der Waals surface area contributed by atoms with Gasteiger partial charge < -0.3 is 14.5 Å². The van der Waals surface area contributed by atoms with Gasteiger partial charge in [0.2, 0.25) is 0 Å². The van der Waals surface area contributed by atoms with Crippen molar-refractivity contribution in [1.29, 1.82) is 5.26 Å². The molecule has 1 amide bonds. The first-order chi connectivity index (χ1) is 15.4. The zero-order chi connectivity index (χ0) is 23.1. The van der Waals surface area contributed by atoms with Gasteiger partial charge in [-0.25, -0.2) is 4.79 Å². The molecule has 0 saturated carbocycles. The number of nitro groups is 1. The number of carbonyl (C=O) groups is 2. The predicted octanol–water partition coefficient (Wildman–Crippen LogP) is 4.58.